The minimum absolute atomic E-state index is 0.258. The highest BCUT2D eigenvalue weighted by molar-refractivity contribution is 5.27. The van der Waals surface area contributed by atoms with Crippen LogP contribution < -0.4 is 0 Å². The maximum absolute atomic E-state index is 9.69. The van der Waals surface area contributed by atoms with E-state index in [9.17, 15) is 5.11 Å². The van der Waals surface area contributed by atoms with Gasteiger partial charge in [0, 0.05) is 18.8 Å². The van der Waals surface area contributed by atoms with Crippen LogP contribution in [-0.2, 0) is 6.54 Å². The molecule has 0 unspecified atom stereocenters. The number of aromatic nitrogens is 1. The molecule has 1 rings (SSSR count). The number of hydrogen-bond acceptors (Lipinski definition) is 3. The lowest BCUT2D eigenvalue weighted by atomic mass is 9.96. The fourth-order valence-corrected chi connectivity index (χ4v) is 1.84. The molecule has 0 atom stereocenters. The van der Waals surface area contributed by atoms with Crippen LogP contribution in [0.15, 0.2) is 12.1 Å². The highest BCUT2D eigenvalue weighted by Crippen LogP contribution is 2.19. The second kappa shape index (κ2) is 4.83. The molecule has 0 bridgehead atoms. The van der Waals surface area contributed by atoms with Gasteiger partial charge in [0.15, 0.2) is 0 Å². The average Bonchev–Trinajstić information content (AvgIpc) is 2.08. The molecular weight excluding hydrogens is 200 g/mol. The summed E-state index contributed by atoms with van der Waals surface area (Å²) in [7, 11) is 2.05. The minimum atomic E-state index is 0.258. The van der Waals surface area contributed by atoms with E-state index < -0.39 is 0 Å². The summed E-state index contributed by atoms with van der Waals surface area (Å²) in [6.45, 7) is 10.2. The normalized spacial score (nSPS) is 12.1. The lowest BCUT2D eigenvalue weighted by molar-refractivity contribution is 0.216. The van der Waals surface area contributed by atoms with Gasteiger partial charge in [-0.25, -0.2) is 0 Å². The molecule has 0 aliphatic heterocycles. The molecule has 3 heteroatoms. The Labute approximate surface area is 98.1 Å². The lowest BCUT2D eigenvalue weighted by Crippen LogP contribution is -2.29. The fourth-order valence-electron chi connectivity index (χ4n) is 1.84. The summed E-state index contributed by atoms with van der Waals surface area (Å²) in [6.07, 6.45) is 0. The van der Waals surface area contributed by atoms with Crippen molar-refractivity contribution in [3.63, 3.8) is 0 Å². The summed E-state index contributed by atoms with van der Waals surface area (Å²) in [4.78, 5) is 6.53. The van der Waals surface area contributed by atoms with Crippen LogP contribution in [0.1, 0.15) is 32.2 Å². The van der Waals surface area contributed by atoms with Crippen LogP contribution >= 0.6 is 0 Å². The second-order valence-corrected chi connectivity index (χ2v) is 5.65. The lowest BCUT2D eigenvalue weighted by Gasteiger charge is -2.26. The summed E-state index contributed by atoms with van der Waals surface area (Å²) in [5.74, 6) is 0.284. The van der Waals surface area contributed by atoms with E-state index in [1.807, 2.05) is 13.0 Å². The van der Waals surface area contributed by atoms with Crippen molar-refractivity contribution in [3.8, 4) is 5.75 Å². The van der Waals surface area contributed by atoms with Gasteiger partial charge in [-0.3, -0.25) is 9.88 Å². The summed E-state index contributed by atoms with van der Waals surface area (Å²) in [5.41, 5.74) is 1.96. The standard InChI is InChI=1S/C13H22N2O/c1-10-6-7-12(16)11(14-10)8-15(5)9-13(2,3)4/h6-7,16H,8-9H2,1-5H3. The number of aromatic hydroxyl groups is 1. The molecule has 0 saturated heterocycles. The van der Waals surface area contributed by atoms with Gasteiger partial charge in [0.1, 0.15) is 5.75 Å². The third-order valence-corrected chi connectivity index (χ3v) is 2.25. The van der Waals surface area contributed by atoms with Gasteiger partial charge in [-0.05, 0) is 31.5 Å². The monoisotopic (exact) mass is 222 g/mol. The fraction of sp³-hybridized carbons (Fsp3) is 0.615. The Bertz CT molecular complexity index is 355. The zero-order valence-corrected chi connectivity index (χ0v) is 10.9. The number of nitrogens with zero attached hydrogens (tertiary/aromatic N) is 2. The van der Waals surface area contributed by atoms with Crippen molar-refractivity contribution < 1.29 is 5.11 Å². The Kier molecular flexibility index (Phi) is 3.92. The first-order valence-corrected chi connectivity index (χ1v) is 5.62. The van der Waals surface area contributed by atoms with Crippen molar-refractivity contribution in [1.29, 1.82) is 0 Å². The van der Waals surface area contributed by atoms with Crippen LogP contribution in [0.4, 0.5) is 0 Å². The van der Waals surface area contributed by atoms with Gasteiger partial charge in [0.05, 0.1) is 5.69 Å². The molecule has 0 spiro atoms. The van der Waals surface area contributed by atoms with Crippen molar-refractivity contribution in [2.45, 2.75) is 34.2 Å². The van der Waals surface area contributed by atoms with Gasteiger partial charge in [-0.2, -0.15) is 0 Å². The van der Waals surface area contributed by atoms with Crippen LogP contribution in [0.5, 0.6) is 5.75 Å². The molecule has 3 nitrogen and oxygen atoms in total. The number of hydrogen-bond donors (Lipinski definition) is 1. The van der Waals surface area contributed by atoms with Crippen LogP contribution in [0.25, 0.3) is 0 Å². The van der Waals surface area contributed by atoms with Crippen LogP contribution in [0.2, 0.25) is 0 Å². The van der Waals surface area contributed by atoms with Crippen LogP contribution in [0.3, 0.4) is 0 Å². The first-order chi connectivity index (χ1) is 7.28. The molecule has 1 heterocycles. The average molecular weight is 222 g/mol. The van der Waals surface area contributed by atoms with Crippen molar-refractivity contribution >= 4 is 0 Å². The Morgan fingerprint density at radius 3 is 2.50 bits per heavy atom. The first kappa shape index (κ1) is 13.0. The van der Waals surface area contributed by atoms with Crippen molar-refractivity contribution in [2.75, 3.05) is 13.6 Å². The van der Waals surface area contributed by atoms with Crippen LogP contribution in [-0.4, -0.2) is 28.6 Å². The second-order valence-electron chi connectivity index (χ2n) is 5.65. The topological polar surface area (TPSA) is 36.4 Å². The SMILES string of the molecule is Cc1ccc(O)c(CN(C)CC(C)(C)C)n1. The predicted molar refractivity (Wildman–Crippen MR) is 66.4 cm³/mol. The molecule has 1 aromatic rings. The Morgan fingerprint density at radius 1 is 1.31 bits per heavy atom. The molecule has 0 radical (unpaired) electrons. The molecule has 0 saturated carbocycles. The minimum Gasteiger partial charge on any atom is -0.506 e. The van der Waals surface area contributed by atoms with Crippen molar-refractivity contribution in [2.24, 2.45) is 5.41 Å². The largest absolute Gasteiger partial charge is 0.506 e. The Balaban J connectivity index is 2.69. The molecule has 16 heavy (non-hydrogen) atoms. The van der Waals surface area contributed by atoms with E-state index in [0.717, 1.165) is 17.9 Å². The third-order valence-electron chi connectivity index (χ3n) is 2.25. The molecule has 0 aliphatic carbocycles. The molecule has 0 amide bonds. The highest BCUT2D eigenvalue weighted by atomic mass is 16.3. The van der Waals surface area contributed by atoms with E-state index >= 15 is 0 Å². The molecule has 0 fully saturated rings. The predicted octanol–water partition coefficient (Wildman–Crippen LogP) is 2.57. The smallest absolute Gasteiger partial charge is 0.138 e. The van der Waals surface area contributed by atoms with Crippen molar-refractivity contribution in [1.82, 2.24) is 9.88 Å². The van der Waals surface area contributed by atoms with E-state index in [-0.39, 0.29) is 11.2 Å². The quantitative estimate of drug-likeness (QED) is 0.854. The molecular formula is C13H22N2O. The van der Waals surface area contributed by atoms with Gasteiger partial charge >= 0.3 is 0 Å². The summed E-state index contributed by atoms with van der Waals surface area (Å²) in [5, 5.41) is 9.69. The highest BCUT2D eigenvalue weighted by Gasteiger charge is 2.15. The molecule has 1 N–H and O–H groups in total. The van der Waals surface area contributed by atoms with Crippen molar-refractivity contribution in [3.05, 3.63) is 23.5 Å². The third kappa shape index (κ3) is 4.19. The van der Waals surface area contributed by atoms with Crippen LogP contribution in [0, 0.1) is 12.3 Å². The van der Waals surface area contributed by atoms with Gasteiger partial charge in [0.2, 0.25) is 0 Å². The van der Waals surface area contributed by atoms with Gasteiger partial charge in [-0.1, -0.05) is 20.8 Å². The van der Waals surface area contributed by atoms with Gasteiger partial charge < -0.3 is 5.11 Å². The van der Waals surface area contributed by atoms with Gasteiger partial charge in [-0.15, -0.1) is 0 Å². The van der Waals surface area contributed by atoms with E-state index in [0.29, 0.717) is 6.54 Å². The molecule has 0 aromatic carbocycles. The first-order valence-electron chi connectivity index (χ1n) is 5.62. The molecule has 90 valence electrons. The maximum atomic E-state index is 9.69. The zero-order chi connectivity index (χ0) is 12.3. The van der Waals surface area contributed by atoms with E-state index in [1.54, 1.807) is 6.07 Å². The molecule has 0 aliphatic rings. The Hall–Kier alpha value is -1.09. The number of rotatable bonds is 3. The Morgan fingerprint density at radius 2 is 1.94 bits per heavy atom. The summed E-state index contributed by atoms with van der Waals surface area (Å²) in [6, 6.07) is 3.53. The van der Waals surface area contributed by atoms with E-state index in [2.05, 4.69) is 37.7 Å². The maximum Gasteiger partial charge on any atom is 0.138 e. The number of pyridine rings is 1. The molecule has 1 aromatic heterocycles. The van der Waals surface area contributed by atoms with Gasteiger partial charge in [0.25, 0.3) is 0 Å². The summed E-state index contributed by atoms with van der Waals surface area (Å²) < 4.78 is 0. The van der Waals surface area contributed by atoms with E-state index in [4.69, 9.17) is 0 Å². The van der Waals surface area contributed by atoms with E-state index in [1.165, 1.54) is 0 Å². The number of aryl methyl sites for hydroxylation is 1. The zero-order valence-electron chi connectivity index (χ0n) is 10.9. The summed E-state index contributed by atoms with van der Waals surface area (Å²) >= 11 is 0.